The molecule has 6 nitrogen and oxygen atoms in total. The molecule has 0 radical (unpaired) electrons. The monoisotopic (exact) mass is 345 g/mol. The van der Waals surface area contributed by atoms with E-state index in [-0.39, 0.29) is 17.3 Å². The average Bonchev–Trinajstić information content (AvgIpc) is 3.00. The first-order chi connectivity index (χ1) is 11.3. The van der Waals surface area contributed by atoms with Crippen molar-refractivity contribution in [2.45, 2.75) is 31.5 Å². The van der Waals surface area contributed by atoms with E-state index in [1.165, 1.54) is 7.05 Å². The molecular weight excluding hydrogens is 327 g/mol. The Bertz CT molecular complexity index is 634. The molecule has 1 aliphatic carbocycles. The maximum absolute atomic E-state index is 12.9. The van der Waals surface area contributed by atoms with Gasteiger partial charge >= 0.3 is 12.1 Å². The number of nitrogens with zero attached hydrogens (tertiary/aromatic N) is 1. The fourth-order valence-electron chi connectivity index (χ4n) is 2.81. The molecule has 132 valence electrons. The summed E-state index contributed by atoms with van der Waals surface area (Å²) in [5.74, 6) is -1.61. The number of carbonyl (C=O) groups is 2. The summed E-state index contributed by atoms with van der Waals surface area (Å²) in [5, 5.41) is 5.37. The van der Waals surface area contributed by atoms with Crippen LogP contribution in [0.2, 0.25) is 0 Å². The molecule has 1 aromatic rings. The van der Waals surface area contributed by atoms with Crippen LogP contribution in [0.25, 0.3) is 0 Å². The maximum Gasteiger partial charge on any atom is 0.433 e. The highest BCUT2D eigenvalue weighted by molar-refractivity contribution is 5.94. The van der Waals surface area contributed by atoms with Crippen LogP contribution in [0.4, 0.5) is 19.0 Å². The molecule has 1 heterocycles. The maximum atomic E-state index is 12.9. The lowest BCUT2D eigenvalue weighted by Gasteiger charge is -2.22. The number of esters is 1. The van der Waals surface area contributed by atoms with Gasteiger partial charge in [-0.15, -0.1) is 0 Å². The third-order valence-electron chi connectivity index (χ3n) is 4.01. The largest absolute Gasteiger partial charge is 0.465 e. The van der Waals surface area contributed by atoms with Crippen molar-refractivity contribution in [3.63, 3.8) is 0 Å². The molecule has 2 atom stereocenters. The Labute approximate surface area is 136 Å². The summed E-state index contributed by atoms with van der Waals surface area (Å²) in [7, 11) is 2.63. The zero-order chi connectivity index (χ0) is 17.9. The van der Waals surface area contributed by atoms with Crippen LogP contribution in [0.3, 0.4) is 0 Å². The van der Waals surface area contributed by atoms with Crippen molar-refractivity contribution < 1.29 is 27.5 Å². The minimum Gasteiger partial charge on any atom is -0.465 e. The molecule has 2 N–H and O–H groups in total. The van der Waals surface area contributed by atoms with Gasteiger partial charge < -0.3 is 15.4 Å². The highest BCUT2D eigenvalue weighted by Gasteiger charge is 2.36. The Balaban J connectivity index is 2.35. The molecule has 1 fully saturated rings. The lowest BCUT2D eigenvalue weighted by atomic mass is 10.0. The van der Waals surface area contributed by atoms with E-state index in [1.807, 2.05) is 0 Å². The van der Waals surface area contributed by atoms with Crippen molar-refractivity contribution in [2.75, 3.05) is 19.5 Å². The molecule has 0 spiro atoms. The van der Waals surface area contributed by atoms with Crippen LogP contribution in [0.1, 0.15) is 35.3 Å². The van der Waals surface area contributed by atoms with E-state index in [9.17, 15) is 22.8 Å². The molecule has 2 rings (SSSR count). The van der Waals surface area contributed by atoms with Gasteiger partial charge in [-0.25, -0.2) is 9.78 Å². The van der Waals surface area contributed by atoms with Crippen LogP contribution in [0.15, 0.2) is 12.1 Å². The topological polar surface area (TPSA) is 80.3 Å². The summed E-state index contributed by atoms with van der Waals surface area (Å²) in [6.45, 7) is 0. The summed E-state index contributed by atoms with van der Waals surface area (Å²) in [4.78, 5) is 27.2. The summed E-state index contributed by atoms with van der Waals surface area (Å²) < 4.78 is 43.2. The predicted octanol–water partition coefficient (Wildman–Crippen LogP) is 2.21. The molecule has 9 heteroatoms. The SMILES string of the molecule is CNC(=O)[C@H]1CCC[C@H]1Nc1nc(C(F)(F)F)ccc1C(=O)OC. The minimum atomic E-state index is -4.64. The highest BCUT2D eigenvalue weighted by atomic mass is 19.4. The molecule has 24 heavy (non-hydrogen) atoms. The fraction of sp³-hybridized carbons (Fsp3) is 0.533. The van der Waals surface area contributed by atoms with Gasteiger partial charge in [-0.2, -0.15) is 13.2 Å². The lowest BCUT2D eigenvalue weighted by molar-refractivity contribution is -0.141. The van der Waals surface area contributed by atoms with Crippen molar-refractivity contribution in [3.05, 3.63) is 23.4 Å². The number of methoxy groups -OCH3 is 1. The van der Waals surface area contributed by atoms with E-state index in [4.69, 9.17) is 0 Å². The van der Waals surface area contributed by atoms with Crippen LogP contribution in [0.5, 0.6) is 0 Å². The number of alkyl halides is 3. The normalized spacial score (nSPS) is 20.5. The van der Waals surface area contributed by atoms with Gasteiger partial charge in [0.2, 0.25) is 5.91 Å². The molecule has 0 aromatic carbocycles. The molecule has 1 amide bonds. The summed E-state index contributed by atoms with van der Waals surface area (Å²) >= 11 is 0. The second-order valence-electron chi connectivity index (χ2n) is 5.48. The molecule has 0 aliphatic heterocycles. The number of pyridine rings is 1. The van der Waals surface area contributed by atoms with Crippen LogP contribution < -0.4 is 10.6 Å². The summed E-state index contributed by atoms with van der Waals surface area (Å²) in [6, 6.07) is 1.35. The summed E-state index contributed by atoms with van der Waals surface area (Å²) in [5.41, 5.74) is -1.22. The van der Waals surface area contributed by atoms with E-state index in [0.717, 1.165) is 25.7 Å². The molecule has 0 unspecified atom stereocenters. The van der Waals surface area contributed by atoms with Crippen LogP contribution in [-0.2, 0) is 15.7 Å². The Morgan fingerprint density at radius 1 is 1.29 bits per heavy atom. The zero-order valence-corrected chi connectivity index (χ0v) is 13.2. The number of anilines is 1. The lowest BCUT2D eigenvalue weighted by Crippen LogP contribution is -2.37. The van der Waals surface area contributed by atoms with Gasteiger partial charge in [-0.05, 0) is 25.0 Å². The quantitative estimate of drug-likeness (QED) is 0.818. The Morgan fingerprint density at radius 3 is 2.58 bits per heavy atom. The Hall–Kier alpha value is -2.32. The van der Waals surface area contributed by atoms with Gasteiger partial charge in [0.1, 0.15) is 17.1 Å². The number of ether oxygens (including phenoxy) is 1. The average molecular weight is 345 g/mol. The van der Waals surface area contributed by atoms with Gasteiger partial charge in [0.05, 0.1) is 13.0 Å². The van der Waals surface area contributed by atoms with Crippen molar-refractivity contribution in [1.82, 2.24) is 10.3 Å². The van der Waals surface area contributed by atoms with E-state index in [2.05, 4.69) is 20.4 Å². The molecule has 0 bridgehead atoms. The van der Waals surface area contributed by atoms with Crippen molar-refractivity contribution in [2.24, 2.45) is 5.92 Å². The third kappa shape index (κ3) is 3.77. The minimum absolute atomic E-state index is 0.104. The number of hydrogen-bond acceptors (Lipinski definition) is 5. The molecule has 0 saturated heterocycles. The van der Waals surface area contributed by atoms with Gasteiger partial charge in [0, 0.05) is 13.1 Å². The zero-order valence-electron chi connectivity index (χ0n) is 13.2. The van der Waals surface area contributed by atoms with Crippen LogP contribution in [-0.4, -0.2) is 37.1 Å². The first-order valence-electron chi connectivity index (χ1n) is 7.42. The number of nitrogens with one attached hydrogen (secondary N) is 2. The van der Waals surface area contributed by atoms with Gasteiger partial charge in [-0.3, -0.25) is 4.79 Å². The number of hydrogen-bond donors (Lipinski definition) is 2. The van der Waals surface area contributed by atoms with Gasteiger partial charge in [0.15, 0.2) is 0 Å². The first kappa shape index (κ1) is 18.0. The fourth-order valence-corrected chi connectivity index (χ4v) is 2.81. The van der Waals surface area contributed by atoms with E-state index in [1.54, 1.807) is 0 Å². The predicted molar refractivity (Wildman–Crippen MR) is 79.4 cm³/mol. The Morgan fingerprint density at radius 2 is 2.00 bits per heavy atom. The van der Waals surface area contributed by atoms with Crippen molar-refractivity contribution in [3.8, 4) is 0 Å². The van der Waals surface area contributed by atoms with Crippen LogP contribution >= 0.6 is 0 Å². The van der Waals surface area contributed by atoms with E-state index >= 15 is 0 Å². The number of aromatic nitrogens is 1. The number of amides is 1. The second kappa shape index (κ2) is 7.06. The third-order valence-corrected chi connectivity index (χ3v) is 4.01. The molecule has 1 aliphatic rings. The smallest absolute Gasteiger partial charge is 0.433 e. The van der Waals surface area contributed by atoms with Crippen molar-refractivity contribution in [1.29, 1.82) is 0 Å². The summed E-state index contributed by atoms with van der Waals surface area (Å²) in [6.07, 6.45) is -2.68. The van der Waals surface area contributed by atoms with Crippen LogP contribution in [0, 0.1) is 5.92 Å². The highest BCUT2D eigenvalue weighted by Crippen LogP contribution is 2.32. The van der Waals surface area contributed by atoms with E-state index < -0.39 is 29.8 Å². The molecule has 1 aromatic heterocycles. The standard InChI is InChI=1S/C15H18F3N3O3/c1-19-13(22)8-4-3-5-10(8)20-12-9(14(23)24-2)6-7-11(21-12)15(16,17)18/h6-8,10H,3-5H2,1-2H3,(H,19,22)(H,20,21)/t8-,10+/m0/s1. The van der Waals surface area contributed by atoms with E-state index in [0.29, 0.717) is 12.8 Å². The second-order valence-corrected chi connectivity index (χ2v) is 5.48. The number of rotatable bonds is 4. The molecule has 1 saturated carbocycles. The van der Waals surface area contributed by atoms with Gasteiger partial charge in [0.25, 0.3) is 0 Å². The van der Waals surface area contributed by atoms with Gasteiger partial charge in [-0.1, -0.05) is 6.42 Å². The number of halogens is 3. The number of carbonyl (C=O) groups excluding carboxylic acids is 2. The first-order valence-corrected chi connectivity index (χ1v) is 7.42. The Kier molecular flexibility index (Phi) is 5.30. The van der Waals surface area contributed by atoms with Crippen molar-refractivity contribution >= 4 is 17.7 Å². The molecular formula is C15H18F3N3O3.